The third kappa shape index (κ3) is 8.85. The summed E-state index contributed by atoms with van der Waals surface area (Å²) in [6.45, 7) is 5.88. The Bertz CT molecular complexity index is 1340. The van der Waals surface area contributed by atoms with E-state index in [0.717, 1.165) is 34.5 Å². The predicted octanol–water partition coefficient (Wildman–Crippen LogP) is 4.89. The molecule has 0 bridgehead atoms. The first kappa shape index (κ1) is 29.7. The van der Waals surface area contributed by atoms with Crippen LogP contribution in [0.2, 0.25) is 0 Å². The second-order valence-corrected chi connectivity index (χ2v) is 11.4. The highest BCUT2D eigenvalue weighted by molar-refractivity contribution is 7.92. The summed E-state index contributed by atoms with van der Waals surface area (Å²) in [6, 6.07) is 22.6. The molecule has 0 spiro atoms. The second-order valence-electron chi connectivity index (χ2n) is 9.51. The van der Waals surface area contributed by atoms with Crippen molar-refractivity contribution in [3.05, 3.63) is 90.0 Å². The monoisotopic (exact) mass is 551 g/mol. The Balaban J connectivity index is 1.84. The van der Waals surface area contributed by atoms with Gasteiger partial charge in [0, 0.05) is 13.1 Å². The zero-order valence-electron chi connectivity index (χ0n) is 23.0. The molecule has 0 fully saturated rings. The van der Waals surface area contributed by atoms with Crippen molar-refractivity contribution < 1.29 is 22.7 Å². The highest BCUT2D eigenvalue weighted by Gasteiger charge is 2.30. The van der Waals surface area contributed by atoms with Gasteiger partial charge in [0.2, 0.25) is 21.8 Å². The quantitative estimate of drug-likeness (QED) is 0.305. The number of para-hydroxylation sites is 1. The Morgan fingerprint density at radius 1 is 0.949 bits per heavy atom. The molecule has 0 aliphatic heterocycles. The molecule has 3 aromatic rings. The normalized spacial score (nSPS) is 11.9. The maximum atomic E-state index is 13.7. The number of ether oxygens (including phenoxy) is 1. The van der Waals surface area contributed by atoms with Gasteiger partial charge in [0.05, 0.1) is 11.9 Å². The van der Waals surface area contributed by atoms with E-state index in [1.807, 2.05) is 68.4 Å². The van der Waals surface area contributed by atoms with Gasteiger partial charge in [-0.15, -0.1) is 0 Å². The average Bonchev–Trinajstić information content (AvgIpc) is 2.90. The molecule has 3 aromatic carbocycles. The zero-order chi connectivity index (χ0) is 28.4. The first-order valence-electron chi connectivity index (χ1n) is 13.0. The molecule has 1 N–H and O–H groups in total. The van der Waals surface area contributed by atoms with Gasteiger partial charge in [-0.2, -0.15) is 0 Å². The van der Waals surface area contributed by atoms with Crippen molar-refractivity contribution in [2.24, 2.45) is 0 Å². The summed E-state index contributed by atoms with van der Waals surface area (Å²) >= 11 is 0. The number of hydrogen-bond donors (Lipinski definition) is 1. The minimum absolute atomic E-state index is 0.171. The lowest BCUT2D eigenvalue weighted by Gasteiger charge is -2.31. The van der Waals surface area contributed by atoms with Crippen molar-refractivity contribution >= 4 is 27.5 Å². The molecule has 39 heavy (non-hydrogen) atoms. The minimum atomic E-state index is -3.82. The molecule has 2 amide bonds. The van der Waals surface area contributed by atoms with Gasteiger partial charge < -0.3 is 15.0 Å². The first-order valence-corrected chi connectivity index (χ1v) is 14.9. The Hall–Kier alpha value is -3.85. The van der Waals surface area contributed by atoms with E-state index in [-0.39, 0.29) is 12.5 Å². The Morgan fingerprint density at radius 3 is 2.23 bits per heavy atom. The van der Waals surface area contributed by atoms with Gasteiger partial charge in [-0.1, -0.05) is 61.4 Å². The maximum absolute atomic E-state index is 13.7. The van der Waals surface area contributed by atoms with Crippen molar-refractivity contribution in [2.75, 3.05) is 23.7 Å². The van der Waals surface area contributed by atoms with E-state index in [2.05, 4.69) is 5.32 Å². The summed E-state index contributed by atoms with van der Waals surface area (Å²) in [5.41, 5.74) is 2.20. The molecule has 0 unspecified atom stereocenters. The molecule has 1 atom stereocenters. The average molecular weight is 552 g/mol. The van der Waals surface area contributed by atoms with Crippen LogP contribution in [0.25, 0.3) is 0 Å². The van der Waals surface area contributed by atoms with Crippen LogP contribution in [0.15, 0.2) is 78.9 Å². The van der Waals surface area contributed by atoms with Crippen molar-refractivity contribution in [2.45, 2.75) is 46.2 Å². The lowest BCUT2D eigenvalue weighted by Crippen LogP contribution is -2.51. The minimum Gasteiger partial charge on any atom is -0.457 e. The fourth-order valence-electron chi connectivity index (χ4n) is 4.04. The number of carbonyl (C=O) groups is 2. The summed E-state index contributed by atoms with van der Waals surface area (Å²) in [5.74, 6) is 0.420. The standard InChI is InChI=1S/C30H37N3O5S/c1-5-6-19-31-30(35)24(3)32(21-25-12-10-11-23(2)20-25)29(34)22-33(39(4,36)37)26-15-17-28(18-16-26)38-27-13-8-7-9-14-27/h7-18,20,24H,5-6,19,21-22H2,1-4H3,(H,31,35)/t24-/m0/s1. The molecule has 0 aromatic heterocycles. The highest BCUT2D eigenvalue weighted by Crippen LogP contribution is 2.26. The van der Waals surface area contributed by atoms with Gasteiger partial charge in [-0.25, -0.2) is 8.42 Å². The van der Waals surface area contributed by atoms with E-state index in [1.165, 1.54) is 4.90 Å². The molecular formula is C30H37N3O5S. The van der Waals surface area contributed by atoms with E-state index in [0.29, 0.717) is 23.7 Å². The van der Waals surface area contributed by atoms with E-state index in [1.54, 1.807) is 31.2 Å². The lowest BCUT2D eigenvalue weighted by molar-refractivity contribution is -0.139. The summed E-state index contributed by atoms with van der Waals surface area (Å²) in [6.07, 6.45) is 2.82. The van der Waals surface area contributed by atoms with Crippen molar-refractivity contribution in [3.63, 3.8) is 0 Å². The Labute approximate surface area is 231 Å². The fraction of sp³-hybridized carbons (Fsp3) is 0.333. The molecule has 0 saturated heterocycles. The largest absolute Gasteiger partial charge is 0.457 e. The number of nitrogens with zero attached hydrogens (tertiary/aromatic N) is 2. The lowest BCUT2D eigenvalue weighted by atomic mass is 10.1. The third-order valence-electron chi connectivity index (χ3n) is 6.22. The molecule has 8 nitrogen and oxygen atoms in total. The molecule has 0 aliphatic carbocycles. The van der Waals surface area contributed by atoms with E-state index >= 15 is 0 Å². The van der Waals surface area contributed by atoms with Crippen molar-refractivity contribution in [1.29, 1.82) is 0 Å². The van der Waals surface area contributed by atoms with Crippen LogP contribution in [0.1, 0.15) is 37.8 Å². The van der Waals surface area contributed by atoms with E-state index in [9.17, 15) is 18.0 Å². The molecule has 0 heterocycles. The van der Waals surface area contributed by atoms with E-state index < -0.39 is 28.5 Å². The summed E-state index contributed by atoms with van der Waals surface area (Å²) in [7, 11) is -3.82. The number of benzene rings is 3. The summed E-state index contributed by atoms with van der Waals surface area (Å²) in [4.78, 5) is 28.0. The molecule has 208 valence electrons. The molecule has 0 radical (unpaired) electrons. The van der Waals surface area contributed by atoms with Crippen molar-refractivity contribution in [3.8, 4) is 11.5 Å². The first-order chi connectivity index (χ1) is 18.6. The zero-order valence-corrected chi connectivity index (χ0v) is 23.8. The SMILES string of the molecule is CCCCNC(=O)[C@H](C)N(Cc1cccc(C)c1)C(=O)CN(c1ccc(Oc2ccccc2)cc1)S(C)(=O)=O. The van der Waals surface area contributed by atoms with Crippen LogP contribution in [0.3, 0.4) is 0 Å². The van der Waals surface area contributed by atoms with Crippen LogP contribution in [0, 0.1) is 6.92 Å². The predicted molar refractivity (Wildman–Crippen MR) is 154 cm³/mol. The number of sulfonamides is 1. The van der Waals surface area contributed by atoms with Crippen LogP contribution in [-0.4, -0.2) is 50.5 Å². The number of carbonyl (C=O) groups excluding carboxylic acids is 2. The number of hydrogen-bond acceptors (Lipinski definition) is 5. The van der Waals surface area contributed by atoms with Crippen LogP contribution < -0.4 is 14.4 Å². The number of amides is 2. The summed E-state index contributed by atoms with van der Waals surface area (Å²) in [5, 5.41) is 2.88. The molecule has 3 rings (SSSR count). The molecular weight excluding hydrogens is 514 g/mol. The Morgan fingerprint density at radius 2 is 1.62 bits per heavy atom. The van der Waals surface area contributed by atoms with Crippen LogP contribution in [-0.2, 0) is 26.2 Å². The van der Waals surface area contributed by atoms with Crippen LogP contribution >= 0.6 is 0 Å². The Kier molecular flexibility index (Phi) is 10.5. The second kappa shape index (κ2) is 13.8. The number of aryl methyl sites for hydroxylation is 1. The number of anilines is 1. The fourth-order valence-corrected chi connectivity index (χ4v) is 4.89. The van der Waals surface area contributed by atoms with E-state index in [4.69, 9.17) is 4.74 Å². The van der Waals surface area contributed by atoms with Gasteiger partial charge in [-0.05, 0) is 62.2 Å². The number of unbranched alkanes of at least 4 members (excludes halogenated alkanes) is 1. The molecule has 0 aliphatic rings. The highest BCUT2D eigenvalue weighted by atomic mass is 32.2. The topological polar surface area (TPSA) is 96.0 Å². The number of rotatable bonds is 13. The third-order valence-corrected chi connectivity index (χ3v) is 7.36. The smallest absolute Gasteiger partial charge is 0.244 e. The van der Waals surface area contributed by atoms with Gasteiger partial charge in [0.15, 0.2) is 0 Å². The summed E-state index contributed by atoms with van der Waals surface area (Å²) < 4.78 is 32.4. The molecule has 9 heteroatoms. The van der Waals surface area contributed by atoms with Gasteiger partial charge in [0.25, 0.3) is 0 Å². The molecule has 0 saturated carbocycles. The maximum Gasteiger partial charge on any atom is 0.244 e. The van der Waals surface area contributed by atoms with Gasteiger partial charge >= 0.3 is 0 Å². The van der Waals surface area contributed by atoms with Crippen molar-refractivity contribution in [1.82, 2.24) is 10.2 Å². The van der Waals surface area contributed by atoms with Gasteiger partial charge in [-0.3, -0.25) is 13.9 Å². The van der Waals surface area contributed by atoms with Crippen LogP contribution in [0.5, 0.6) is 11.5 Å². The van der Waals surface area contributed by atoms with Gasteiger partial charge in [0.1, 0.15) is 24.1 Å². The van der Waals surface area contributed by atoms with Crippen LogP contribution in [0.4, 0.5) is 5.69 Å². The number of nitrogens with one attached hydrogen (secondary N) is 1.